The molecule has 0 spiro atoms. The number of unbranched alkanes of at least 4 members (excludes halogenated alkanes) is 1. The van der Waals surface area contributed by atoms with Crippen molar-refractivity contribution in [1.82, 2.24) is 0 Å². The molecule has 1 aliphatic rings. The van der Waals surface area contributed by atoms with Crippen molar-refractivity contribution in [3.63, 3.8) is 0 Å². The molecule has 0 aliphatic heterocycles. The molecule has 0 radical (unpaired) electrons. The van der Waals surface area contributed by atoms with E-state index in [0.717, 1.165) is 6.42 Å². The van der Waals surface area contributed by atoms with Crippen molar-refractivity contribution in [2.75, 3.05) is 0 Å². The van der Waals surface area contributed by atoms with Gasteiger partial charge in [0.05, 0.1) is 0 Å². The molecule has 154 valence electrons. The van der Waals surface area contributed by atoms with Gasteiger partial charge in [-0.15, -0.1) is 0 Å². The number of rotatable bonds is 8. The maximum Gasteiger partial charge on any atom is -1.00 e. The van der Waals surface area contributed by atoms with Crippen LogP contribution in [0.5, 0.6) is 0 Å². The van der Waals surface area contributed by atoms with E-state index in [2.05, 4.69) is 101 Å². The van der Waals surface area contributed by atoms with Crippen molar-refractivity contribution in [2.24, 2.45) is 0 Å². The minimum Gasteiger partial charge on any atom is -1.00 e. The second-order valence-corrected chi connectivity index (χ2v) is 8.11. The zero-order chi connectivity index (χ0) is 18.4. The smallest absolute Gasteiger partial charge is 1.00 e. The van der Waals surface area contributed by atoms with Crippen LogP contribution in [0.15, 0.2) is 81.8 Å². The van der Waals surface area contributed by atoms with E-state index >= 15 is 0 Å². The fourth-order valence-electron chi connectivity index (χ4n) is 4.42. The number of hydrogen-bond donors (Lipinski definition) is 0. The monoisotopic (exact) mass is 482 g/mol. The summed E-state index contributed by atoms with van der Waals surface area (Å²) in [7, 11) is 0. The molecule has 2 aromatic rings. The van der Waals surface area contributed by atoms with Gasteiger partial charge >= 0.3 is 171 Å². The van der Waals surface area contributed by atoms with E-state index < -0.39 is 0 Å². The van der Waals surface area contributed by atoms with Gasteiger partial charge in [-0.25, -0.2) is 0 Å². The summed E-state index contributed by atoms with van der Waals surface area (Å²) < 4.78 is 1.49. The first-order valence-corrected chi connectivity index (χ1v) is 10.8. The number of halogens is 3. The number of allylic oxidation sites excluding steroid dienone is 4. The van der Waals surface area contributed by atoms with Gasteiger partial charge < -0.3 is 37.2 Å². The van der Waals surface area contributed by atoms with Crippen molar-refractivity contribution < 1.29 is 57.7 Å². The van der Waals surface area contributed by atoms with Crippen LogP contribution in [0.2, 0.25) is 0 Å². The van der Waals surface area contributed by atoms with Crippen molar-refractivity contribution in [1.29, 1.82) is 0 Å². The van der Waals surface area contributed by atoms with Crippen LogP contribution < -0.4 is 37.2 Å². The average molecular weight is 484 g/mol. The molecule has 4 heteroatoms. The Morgan fingerprint density at radius 1 is 0.793 bits per heavy atom. The summed E-state index contributed by atoms with van der Waals surface area (Å²) in [5.41, 5.74) is 6.15. The minimum atomic E-state index is -0.00269. The Morgan fingerprint density at radius 3 is 1.76 bits per heavy atom. The van der Waals surface area contributed by atoms with E-state index in [9.17, 15) is 0 Å². The fourth-order valence-corrected chi connectivity index (χ4v) is 5.01. The molecule has 0 bridgehead atoms. The Kier molecular flexibility index (Phi) is 13.5. The van der Waals surface area contributed by atoms with E-state index in [4.69, 9.17) is 0 Å². The molecule has 0 unspecified atom stereocenters. The van der Waals surface area contributed by atoms with E-state index in [-0.39, 0.29) is 42.6 Å². The first kappa shape index (κ1) is 28.5. The number of benzene rings is 2. The van der Waals surface area contributed by atoms with E-state index in [1.165, 1.54) is 47.1 Å². The van der Waals surface area contributed by atoms with Crippen LogP contribution in [-0.2, 0) is 25.9 Å². The molecule has 0 aromatic heterocycles. The van der Waals surface area contributed by atoms with Crippen LogP contribution in [0.1, 0.15) is 63.5 Å². The minimum absolute atomic E-state index is 0. The third-order valence-electron chi connectivity index (χ3n) is 5.65. The summed E-state index contributed by atoms with van der Waals surface area (Å²) in [6.07, 6.45) is 9.58. The maximum atomic E-state index is 2.45. The topological polar surface area (TPSA) is 0 Å². The zero-order valence-corrected chi connectivity index (χ0v) is 21.1. The third kappa shape index (κ3) is 6.02. The Hall–Kier alpha value is -0.496. The van der Waals surface area contributed by atoms with Gasteiger partial charge in [0, 0.05) is 0 Å². The van der Waals surface area contributed by atoms with Gasteiger partial charge in [-0.05, 0) is 0 Å². The number of hydrogen-bond acceptors (Lipinski definition) is 0. The summed E-state index contributed by atoms with van der Waals surface area (Å²) in [4.78, 5) is 0. The molecule has 0 heterocycles. The molecule has 0 saturated heterocycles. The van der Waals surface area contributed by atoms with Crippen molar-refractivity contribution in [2.45, 2.75) is 57.8 Å². The van der Waals surface area contributed by atoms with Crippen LogP contribution in [0.25, 0.3) is 0 Å². The van der Waals surface area contributed by atoms with Crippen molar-refractivity contribution >= 4 is 0 Å². The molecule has 0 nitrogen and oxygen atoms in total. The van der Waals surface area contributed by atoms with Crippen LogP contribution in [0.3, 0.4) is 0 Å². The zero-order valence-electron chi connectivity index (χ0n) is 17.2. The molecular formula is C25H29Cl3Ti. The van der Waals surface area contributed by atoms with E-state index in [1.807, 2.05) is 0 Å². The largest absolute Gasteiger partial charge is 1.00 e. The third-order valence-corrected chi connectivity index (χ3v) is 6.44. The Balaban J connectivity index is 0.00000261. The SMILES string of the molecule is CCCCC(C1=C(CCC)[C]([Ti+3])=CC1)(c1ccccc1)c1ccccc1.[Cl-].[Cl-].[Cl-]. The molecule has 0 atom stereocenters. The van der Waals surface area contributed by atoms with Gasteiger partial charge in [0.25, 0.3) is 0 Å². The van der Waals surface area contributed by atoms with E-state index in [1.54, 1.807) is 11.1 Å². The summed E-state index contributed by atoms with van der Waals surface area (Å²) in [5.74, 6) is 0. The first-order chi connectivity index (χ1) is 12.7. The van der Waals surface area contributed by atoms with Gasteiger partial charge in [0.2, 0.25) is 0 Å². The molecule has 3 rings (SSSR count). The van der Waals surface area contributed by atoms with Crippen LogP contribution in [-0.4, -0.2) is 0 Å². The molecule has 0 saturated carbocycles. The van der Waals surface area contributed by atoms with Crippen LogP contribution >= 0.6 is 0 Å². The standard InChI is InChI=1S/C25H29.3ClH.Ti/c1-3-5-20-25(22-15-8-6-9-16-22,23-17-10-7-11-18-23)24-19-12-14-21(24)13-4-2;;;;/h6-12,15-18H,3-5,13,19-20H2,1-2H3;3*1H;/q;;;;+3/p-3. The Morgan fingerprint density at radius 2 is 1.31 bits per heavy atom. The molecule has 0 N–H and O–H groups in total. The van der Waals surface area contributed by atoms with Crippen molar-refractivity contribution in [3.05, 3.63) is 92.9 Å². The average Bonchev–Trinajstić information content (AvgIpc) is 3.06. The summed E-state index contributed by atoms with van der Waals surface area (Å²) in [6.45, 7) is 4.61. The normalized spacial score (nSPS) is 13.2. The van der Waals surface area contributed by atoms with Crippen LogP contribution in [0.4, 0.5) is 0 Å². The molecule has 2 aromatic carbocycles. The predicted molar refractivity (Wildman–Crippen MR) is 108 cm³/mol. The molecule has 29 heavy (non-hydrogen) atoms. The quantitative estimate of drug-likeness (QED) is 0.385. The Bertz CT molecular complexity index is 743. The molecule has 0 amide bonds. The van der Waals surface area contributed by atoms with Gasteiger partial charge in [-0.1, -0.05) is 0 Å². The Labute approximate surface area is 207 Å². The maximum absolute atomic E-state index is 2.45. The fraction of sp³-hybridized carbons (Fsp3) is 0.360. The van der Waals surface area contributed by atoms with Gasteiger partial charge in [0.1, 0.15) is 0 Å². The van der Waals surface area contributed by atoms with Crippen molar-refractivity contribution in [3.8, 4) is 0 Å². The summed E-state index contributed by atoms with van der Waals surface area (Å²) in [6, 6.07) is 22.4. The van der Waals surface area contributed by atoms with E-state index in [0.29, 0.717) is 0 Å². The molecule has 1 aliphatic carbocycles. The first-order valence-electron chi connectivity index (χ1n) is 9.99. The van der Waals surface area contributed by atoms with Crippen LogP contribution in [0, 0.1) is 0 Å². The second-order valence-electron chi connectivity index (χ2n) is 7.27. The van der Waals surface area contributed by atoms with Gasteiger partial charge in [-0.2, -0.15) is 0 Å². The molecule has 0 fully saturated rings. The summed E-state index contributed by atoms with van der Waals surface area (Å²) >= 11 is 2.30. The molecular weight excluding hydrogens is 455 g/mol. The summed E-state index contributed by atoms with van der Waals surface area (Å²) in [5, 5.41) is 0. The van der Waals surface area contributed by atoms with Gasteiger partial charge in [0.15, 0.2) is 0 Å². The van der Waals surface area contributed by atoms with Gasteiger partial charge in [-0.3, -0.25) is 0 Å². The second kappa shape index (κ2) is 13.7. The predicted octanol–water partition coefficient (Wildman–Crippen LogP) is -1.89.